The Labute approximate surface area is 112 Å². The highest BCUT2D eigenvalue weighted by Gasteiger charge is 2.20. The fourth-order valence-electron chi connectivity index (χ4n) is 1.93. The van der Waals surface area contributed by atoms with Gasteiger partial charge in [-0.1, -0.05) is 36.8 Å². The number of rotatable bonds is 6. The molecule has 0 saturated heterocycles. The molecule has 0 bridgehead atoms. The largest absolute Gasteiger partial charge is 0.367 e. The molecule has 0 aliphatic rings. The van der Waals surface area contributed by atoms with Crippen molar-refractivity contribution in [2.45, 2.75) is 52.7 Å². The zero-order chi connectivity index (χ0) is 13.6. The quantitative estimate of drug-likeness (QED) is 0.773. The van der Waals surface area contributed by atoms with Crippen molar-refractivity contribution >= 4 is 0 Å². The van der Waals surface area contributed by atoms with Crippen molar-refractivity contribution in [2.24, 2.45) is 0 Å². The zero-order valence-corrected chi connectivity index (χ0v) is 12.4. The summed E-state index contributed by atoms with van der Waals surface area (Å²) in [5.41, 5.74) is 2.42. The van der Waals surface area contributed by atoms with E-state index >= 15 is 0 Å². The predicted octanol–water partition coefficient (Wildman–Crippen LogP) is 3.85. The molecule has 0 amide bonds. The van der Waals surface area contributed by atoms with E-state index in [4.69, 9.17) is 4.74 Å². The van der Waals surface area contributed by atoms with Crippen molar-refractivity contribution < 1.29 is 4.74 Å². The first-order valence-electron chi connectivity index (χ1n) is 6.87. The van der Waals surface area contributed by atoms with Gasteiger partial charge in [-0.3, -0.25) is 0 Å². The van der Waals surface area contributed by atoms with Gasteiger partial charge in [0.15, 0.2) is 0 Å². The van der Waals surface area contributed by atoms with E-state index in [0.717, 1.165) is 19.5 Å². The van der Waals surface area contributed by atoms with Crippen LogP contribution in [0, 0.1) is 6.92 Å². The van der Waals surface area contributed by atoms with Crippen molar-refractivity contribution in [3.8, 4) is 0 Å². The van der Waals surface area contributed by atoms with E-state index in [9.17, 15) is 0 Å². The SMILES string of the molecule is CCCNCC(OC(C)(C)C)c1cccc(C)c1. The Morgan fingerprint density at radius 3 is 2.56 bits per heavy atom. The molecular weight excluding hydrogens is 222 g/mol. The molecule has 1 atom stereocenters. The van der Waals surface area contributed by atoms with Crippen LogP contribution in [0.2, 0.25) is 0 Å². The molecule has 0 spiro atoms. The number of benzene rings is 1. The molecule has 0 aliphatic heterocycles. The van der Waals surface area contributed by atoms with E-state index in [2.05, 4.69) is 64.2 Å². The highest BCUT2D eigenvalue weighted by molar-refractivity contribution is 5.24. The van der Waals surface area contributed by atoms with Gasteiger partial charge in [-0.25, -0.2) is 0 Å². The van der Waals surface area contributed by atoms with Crippen LogP contribution in [-0.4, -0.2) is 18.7 Å². The van der Waals surface area contributed by atoms with Gasteiger partial charge in [0.25, 0.3) is 0 Å². The van der Waals surface area contributed by atoms with Gasteiger partial charge in [0.05, 0.1) is 11.7 Å². The molecule has 0 fully saturated rings. The molecule has 1 aromatic rings. The molecular formula is C16H27NO. The van der Waals surface area contributed by atoms with Crippen LogP contribution in [-0.2, 0) is 4.74 Å². The third-order valence-corrected chi connectivity index (χ3v) is 2.67. The Hall–Kier alpha value is -0.860. The Morgan fingerprint density at radius 2 is 2.00 bits per heavy atom. The lowest BCUT2D eigenvalue weighted by Gasteiger charge is -2.28. The number of hydrogen-bond acceptors (Lipinski definition) is 2. The summed E-state index contributed by atoms with van der Waals surface area (Å²) in [6.45, 7) is 12.5. The molecule has 0 aromatic heterocycles. The van der Waals surface area contributed by atoms with E-state index < -0.39 is 0 Å². The summed E-state index contributed by atoms with van der Waals surface area (Å²) in [5, 5.41) is 3.45. The summed E-state index contributed by atoms with van der Waals surface area (Å²) in [4.78, 5) is 0. The topological polar surface area (TPSA) is 21.3 Å². The van der Waals surface area contributed by atoms with Crippen molar-refractivity contribution in [3.05, 3.63) is 35.4 Å². The highest BCUT2D eigenvalue weighted by Crippen LogP contribution is 2.24. The van der Waals surface area contributed by atoms with Gasteiger partial charge in [0.1, 0.15) is 0 Å². The van der Waals surface area contributed by atoms with E-state index in [1.165, 1.54) is 11.1 Å². The Kier molecular flexibility index (Phi) is 5.83. The maximum Gasteiger partial charge on any atom is 0.0956 e. The van der Waals surface area contributed by atoms with Crippen LogP contribution in [0.25, 0.3) is 0 Å². The van der Waals surface area contributed by atoms with Crippen LogP contribution < -0.4 is 5.32 Å². The van der Waals surface area contributed by atoms with Crippen LogP contribution in [0.15, 0.2) is 24.3 Å². The van der Waals surface area contributed by atoms with Crippen LogP contribution >= 0.6 is 0 Å². The monoisotopic (exact) mass is 249 g/mol. The second-order valence-corrected chi connectivity index (χ2v) is 5.84. The maximum atomic E-state index is 6.16. The lowest BCUT2D eigenvalue weighted by Crippen LogP contribution is -2.30. The van der Waals surface area contributed by atoms with Gasteiger partial charge in [-0.05, 0) is 46.2 Å². The molecule has 2 heteroatoms. The van der Waals surface area contributed by atoms with Gasteiger partial charge < -0.3 is 10.1 Å². The summed E-state index contributed by atoms with van der Waals surface area (Å²) >= 11 is 0. The maximum absolute atomic E-state index is 6.16. The summed E-state index contributed by atoms with van der Waals surface area (Å²) in [5.74, 6) is 0. The second kappa shape index (κ2) is 6.91. The lowest BCUT2D eigenvalue weighted by atomic mass is 10.0. The third kappa shape index (κ3) is 5.65. The average Bonchev–Trinajstić information content (AvgIpc) is 2.26. The summed E-state index contributed by atoms with van der Waals surface area (Å²) < 4.78 is 6.16. The van der Waals surface area contributed by atoms with E-state index in [0.29, 0.717) is 0 Å². The minimum atomic E-state index is -0.123. The first kappa shape index (κ1) is 15.2. The number of hydrogen-bond donors (Lipinski definition) is 1. The molecule has 0 radical (unpaired) electrons. The van der Waals surface area contributed by atoms with Gasteiger partial charge in [0, 0.05) is 6.54 Å². The van der Waals surface area contributed by atoms with Gasteiger partial charge in [0.2, 0.25) is 0 Å². The molecule has 2 nitrogen and oxygen atoms in total. The molecule has 1 N–H and O–H groups in total. The normalized spacial score (nSPS) is 13.6. The van der Waals surface area contributed by atoms with Crippen molar-refractivity contribution in [1.82, 2.24) is 5.32 Å². The fraction of sp³-hybridized carbons (Fsp3) is 0.625. The first-order valence-corrected chi connectivity index (χ1v) is 6.87. The van der Waals surface area contributed by atoms with E-state index in [1.807, 2.05) is 0 Å². The van der Waals surface area contributed by atoms with Crippen LogP contribution in [0.4, 0.5) is 0 Å². The predicted molar refractivity (Wildman–Crippen MR) is 77.9 cm³/mol. The second-order valence-electron chi connectivity index (χ2n) is 5.84. The Bertz CT molecular complexity index is 354. The first-order chi connectivity index (χ1) is 8.42. The van der Waals surface area contributed by atoms with Crippen molar-refractivity contribution in [2.75, 3.05) is 13.1 Å². The Morgan fingerprint density at radius 1 is 1.28 bits per heavy atom. The standard InChI is InChI=1S/C16H27NO/c1-6-10-17-12-15(18-16(3,4)5)14-9-7-8-13(2)11-14/h7-9,11,15,17H,6,10,12H2,1-5H3. The summed E-state index contributed by atoms with van der Waals surface area (Å²) in [6, 6.07) is 8.59. The van der Waals surface area contributed by atoms with Gasteiger partial charge in [-0.15, -0.1) is 0 Å². The molecule has 18 heavy (non-hydrogen) atoms. The molecule has 0 heterocycles. The number of ether oxygens (including phenoxy) is 1. The molecule has 1 rings (SSSR count). The third-order valence-electron chi connectivity index (χ3n) is 2.67. The Balaban J connectivity index is 2.76. The highest BCUT2D eigenvalue weighted by atomic mass is 16.5. The summed E-state index contributed by atoms with van der Waals surface area (Å²) in [6.07, 6.45) is 1.27. The average molecular weight is 249 g/mol. The number of nitrogens with one attached hydrogen (secondary N) is 1. The van der Waals surface area contributed by atoms with E-state index in [-0.39, 0.29) is 11.7 Å². The van der Waals surface area contributed by atoms with Gasteiger partial charge in [-0.2, -0.15) is 0 Å². The summed E-state index contributed by atoms with van der Waals surface area (Å²) in [7, 11) is 0. The minimum Gasteiger partial charge on any atom is -0.367 e. The minimum absolute atomic E-state index is 0.122. The lowest BCUT2D eigenvalue weighted by molar-refractivity contribution is -0.0605. The smallest absolute Gasteiger partial charge is 0.0956 e. The molecule has 102 valence electrons. The molecule has 1 aromatic carbocycles. The van der Waals surface area contributed by atoms with Crippen molar-refractivity contribution in [1.29, 1.82) is 0 Å². The van der Waals surface area contributed by atoms with Crippen LogP contribution in [0.1, 0.15) is 51.3 Å². The molecule has 0 aliphatic carbocycles. The van der Waals surface area contributed by atoms with E-state index in [1.54, 1.807) is 0 Å². The van der Waals surface area contributed by atoms with Crippen LogP contribution in [0.5, 0.6) is 0 Å². The fourth-order valence-corrected chi connectivity index (χ4v) is 1.93. The molecule has 1 unspecified atom stereocenters. The van der Waals surface area contributed by atoms with Crippen molar-refractivity contribution in [3.63, 3.8) is 0 Å². The zero-order valence-electron chi connectivity index (χ0n) is 12.4. The van der Waals surface area contributed by atoms with Gasteiger partial charge >= 0.3 is 0 Å². The number of aryl methyl sites for hydroxylation is 1. The molecule has 0 saturated carbocycles. The van der Waals surface area contributed by atoms with Crippen LogP contribution in [0.3, 0.4) is 0 Å².